The Balaban J connectivity index is 2.00. The number of fused-ring (bicyclic) bond motifs is 2. The zero-order valence-corrected chi connectivity index (χ0v) is 16.1. The van der Waals surface area contributed by atoms with E-state index < -0.39 is 6.17 Å². The Morgan fingerprint density at radius 2 is 2.12 bits per heavy atom. The normalized spacial score (nSPS) is 18.5. The Morgan fingerprint density at radius 3 is 2.88 bits per heavy atom. The third kappa shape index (κ3) is 2.93. The van der Waals surface area contributed by atoms with Crippen molar-refractivity contribution in [1.29, 1.82) is 0 Å². The van der Waals surface area contributed by atoms with Gasteiger partial charge in [0.15, 0.2) is 11.3 Å². The summed E-state index contributed by atoms with van der Waals surface area (Å²) in [4.78, 5) is 17.5. The molecule has 26 heavy (non-hydrogen) atoms. The van der Waals surface area contributed by atoms with E-state index in [-0.39, 0.29) is 11.7 Å². The lowest BCUT2D eigenvalue weighted by Crippen LogP contribution is -2.50. The second-order valence-electron chi connectivity index (χ2n) is 5.67. The molecule has 0 fully saturated rings. The molecule has 5 nitrogen and oxygen atoms in total. The van der Waals surface area contributed by atoms with Crippen LogP contribution in [0.5, 0.6) is 0 Å². The molecule has 0 aliphatic carbocycles. The zero-order chi connectivity index (χ0) is 18.3. The first-order valence-electron chi connectivity index (χ1n) is 8.02. The molecule has 0 radical (unpaired) electrons. The minimum absolute atomic E-state index is 0.272. The molecular weight excluding hydrogens is 419 g/mol. The van der Waals surface area contributed by atoms with Crippen LogP contribution in [0.3, 0.4) is 0 Å². The summed E-state index contributed by atoms with van der Waals surface area (Å²) < 4.78 is 15.3. The van der Waals surface area contributed by atoms with E-state index in [9.17, 15) is 9.18 Å². The van der Waals surface area contributed by atoms with Gasteiger partial charge in [0.1, 0.15) is 11.5 Å². The van der Waals surface area contributed by atoms with Crippen LogP contribution < -0.4 is 15.9 Å². The number of thioether (sulfide) groups is 1. The number of benzene rings is 2. The molecule has 2 aliphatic rings. The molecule has 0 unspecified atom stereocenters. The Bertz CT molecular complexity index is 1060. The van der Waals surface area contributed by atoms with Gasteiger partial charge < -0.3 is 0 Å². The second kappa shape index (κ2) is 6.85. The van der Waals surface area contributed by atoms with E-state index in [2.05, 4.69) is 31.3 Å². The largest absolute Gasteiger partial charge is 0.298 e. The molecule has 1 atom stereocenters. The SMILES string of the molecule is CCSC1=NN2C(=c3cc(Br)ccc3=N[C@@H]2c2ccccc2F)C(=O)N1. The third-order valence-electron chi connectivity index (χ3n) is 4.03. The minimum Gasteiger partial charge on any atom is -0.298 e. The van der Waals surface area contributed by atoms with E-state index in [1.807, 2.05) is 25.1 Å². The van der Waals surface area contributed by atoms with Crippen LogP contribution in [0.1, 0.15) is 18.7 Å². The first-order chi connectivity index (χ1) is 12.6. The zero-order valence-electron chi connectivity index (χ0n) is 13.7. The lowest BCUT2D eigenvalue weighted by molar-refractivity contribution is -0.116. The Kier molecular flexibility index (Phi) is 4.54. The smallest absolute Gasteiger partial charge is 0.276 e. The maximum Gasteiger partial charge on any atom is 0.276 e. The summed E-state index contributed by atoms with van der Waals surface area (Å²) in [5.74, 6) is 0.102. The van der Waals surface area contributed by atoms with Crippen molar-refractivity contribution >= 4 is 44.5 Å². The van der Waals surface area contributed by atoms with Gasteiger partial charge in [-0.1, -0.05) is 52.8 Å². The highest BCUT2D eigenvalue weighted by Crippen LogP contribution is 2.32. The van der Waals surface area contributed by atoms with E-state index in [0.29, 0.717) is 27.0 Å². The molecule has 2 aromatic carbocycles. The van der Waals surface area contributed by atoms with Gasteiger partial charge in [0.2, 0.25) is 0 Å². The van der Waals surface area contributed by atoms with Crippen molar-refractivity contribution in [2.75, 3.05) is 5.75 Å². The quantitative estimate of drug-likeness (QED) is 0.792. The fourth-order valence-electron chi connectivity index (χ4n) is 2.94. The van der Waals surface area contributed by atoms with Crippen LogP contribution in [0.2, 0.25) is 0 Å². The predicted molar refractivity (Wildman–Crippen MR) is 103 cm³/mol. The molecular formula is C18H14BrFN4OS. The maximum absolute atomic E-state index is 14.5. The number of nitrogens with one attached hydrogen (secondary N) is 1. The molecule has 8 heteroatoms. The van der Waals surface area contributed by atoms with Crippen molar-refractivity contribution < 1.29 is 9.18 Å². The van der Waals surface area contributed by atoms with Crippen LogP contribution in [-0.2, 0) is 4.79 Å². The molecule has 132 valence electrons. The Morgan fingerprint density at radius 1 is 1.31 bits per heavy atom. The van der Waals surface area contributed by atoms with Gasteiger partial charge in [-0.25, -0.2) is 9.40 Å². The number of rotatable bonds is 2. The fraction of sp³-hybridized carbons (Fsp3) is 0.167. The summed E-state index contributed by atoms with van der Waals surface area (Å²) in [5.41, 5.74) is 0.739. The standard InChI is InChI=1S/C18H14BrFN4OS/c1-2-26-18-22-17(25)15-12-9-10(19)7-8-14(12)21-16(24(15)23-18)11-5-3-4-6-13(11)20/h3-9,16H,2H2,1H3,(H,22,23,25)/t16-/m0/s1. The van der Waals surface area contributed by atoms with Crippen LogP contribution in [0, 0.1) is 5.82 Å². The number of hydrogen-bond donors (Lipinski definition) is 1. The number of hydrogen-bond acceptors (Lipinski definition) is 5. The number of carbonyl (C=O) groups excluding carboxylic acids is 1. The molecule has 0 saturated heterocycles. The topological polar surface area (TPSA) is 57.1 Å². The summed E-state index contributed by atoms with van der Waals surface area (Å²) in [7, 11) is 0. The number of hydrazone groups is 1. The molecule has 2 aliphatic heterocycles. The average molecular weight is 433 g/mol. The number of amides is 1. The van der Waals surface area contributed by atoms with Gasteiger partial charge in [0.05, 0.1) is 5.36 Å². The highest BCUT2D eigenvalue weighted by molar-refractivity contribution is 9.10. The van der Waals surface area contributed by atoms with Crippen LogP contribution >= 0.6 is 27.7 Å². The van der Waals surface area contributed by atoms with Gasteiger partial charge in [-0.3, -0.25) is 15.1 Å². The first kappa shape index (κ1) is 17.2. The van der Waals surface area contributed by atoms with Crippen LogP contribution in [-0.4, -0.2) is 21.8 Å². The monoisotopic (exact) mass is 432 g/mol. The summed E-state index contributed by atoms with van der Waals surface area (Å²) in [6, 6.07) is 11.9. The molecule has 2 heterocycles. The van der Waals surface area contributed by atoms with Crippen molar-refractivity contribution in [3.8, 4) is 0 Å². The second-order valence-corrected chi connectivity index (χ2v) is 7.84. The van der Waals surface area contributed by atoms with Crippen molar-refractivity contribution in [2.24, 2.45) is 10.1 Å². The summed E-state index contributed by atoms with van der Waals surface area (Å²) in [5, 5.41) is 10.6. The molecule has 1 amide bonds. The number of amidine groups is 1. The van der Waals surface area contributed by atoms with Gasteiger partial charge in [-0.2, -0.15) is 0 Å². The highest BCUT2D eigenvalue weighted by Gasteiger charge is 2.35. The van der Waals surface area contributed by atoms with Crippen LogP contribution in [0.15, 0.2) is 57.0 Å². The third-order valence-corrected chi connectivity index (χ3v) is 5.27. The summed E-state index contributed by atoms with van der Waals surface area (Å²) >= 11 is 4.85. The van der Waals surface area contributed by atoms with Gasteiger partial charge in [0.25, 0.3) is 5.91 Å². The summed E-state index contributed by atoms with van der Waals surface area (Å²) in [6.07, 6.45) is -0.738. The van der Waals surface area contributed by atoms with E-state index >= 15 is 0 Å². The van der Waals surface area contributed by atoms with Gasteiger partial charge in [-0.05, 0) is 30.0 Å². The van der Waals surface area contributed by atoms with Crippen LogP contribution in [0.4, 0.5) is 4.39 Å². The number of halogens is 2. The Labute approximate surface area is 161 Å². The van der Waals surface area contributed by atoms with E-state index in [1.54, 1.807) is 18.2 Å². The molecule has 4 rings (SSSR count). The average Bonchev–Trinajstić information content (AvgIpc) is 2.62. The van der Waals surface area contributed by atoms with Crippen molar-refractivity contribution in [1.82, 2.24) is 10.3 Å². The Hall–Kier alpha value is -2.19. The lowest BCUT2D eigenvalue weighted by atomic mass is 10.1. The van der Waals surface area contributed by atoms with E-state index in [0.717, 1.165) is 10.2 Å². The van der Waals surface area contributed by atoms with Crippen LogP contribution in [0.25, 0.3) is 5.70 Å². The van der Waals surface area contributed by atoms with Crippen molar-refractivity contribution in [2.45, 2.75) is 13.1 Å². The molecule has 0 spiro atoms. The van der Waals surface area contributed by atoms with Crippen molar-refractivity contribution in [3.05, 3.63) is 68.9 Å². The lowest BCUT2D eigenvalue weighted by Gasteiger charge is -2.34. The fourth-order valence-corrected chi connectivity index (χ4v) is 3.89. The minimum atomic E-state index is -0.738. The molecule has 2 aromatic rings. The maximum atomic E-state index is 14.5. The van der Waals surface area contributed by atoms with Gasteiger partial charge in [0, 0.05) is 15.3 Å². The van der Waals surface area contributed by atoms with Crippen molar-refractivity contribution in [3.63, 3.8) is 0 Å². The highest BCUT2D eigenvalue weighted by atomic mass is 79.9. The predicted octanol–water partition coefficient (Wildman–Crippen LogP) is 2.48. The van der Waals surface area contributed by atoms with Gasteiger partial charge >= 0.3 is 0 Å². The summed E-state index contributed by atoms with van der Waals surface area (Å²) in [6.45, 7) is 1.97. The first-order valence-corrected chi connectivity index (χ1v) is 9.80. The molecule has 0 saturated carbocycles. The van der Waals surface area contributed by atoms with E-state index in [1.165, 1.54) is 22.8 Å². The number of carbonyl (C=O) groups is 1. The molecule has 1 N–H and O–H groups in total. The molecule has 0 bridgehead atoms. The number of nitrogens with zero attached hydrogens (tertiary/aromatic N) is 3. The van der Waals surface area contributed by atoms with E-state index in [4.69, 9.17) is 0 Å². The van der Waals surface area contributed by atoms with Gasteiger partial charge in [-0.15, -0.1) is 5.10 Å². The molecule has 0 aromatic heterocycles.